The van der Waals surface area contributed by atoms with E-state index in [2.05, 4.69) is 26.6 Å². The van der Waals surface area contributed by atoms with Gasteiger partial charge in [-0.05, 0) is 44.3 Å². The highest BCUT2D eigenvalue weighted by Crippen LogP contribution is 2.44. The van der Waals surface area contributed by atoms with E-state index in [1.807, 2.05) is 48.5 Å². The van der Waals surface area contributed by atoms with Gasteiger partial charge in [-0.15, -0.1) is 0 Å². The third-order valence-corrected chi connectivity index (χ3v) is 5.84. The molecule has 170 valence electrons. The van der Waals surface area contributed by atoms with Crippen LogP contribution in [0.2, 0.25) is 0 Å². The van der Waals surface area contributed by atoms with Crippen LogP contribution in [0, 0.1) is 0 Å². The topological polar surface area (TPSA) is 118 Å². The van der Waals surface area contributed by atoms with Crippen LogP contribution in [0.1, 0.15) is 29.0 Å². The minimum Gasteiger partial charge on any atom is -0.481 e. The van der Waals surface area contributed by atoms with E-state index in [1.165, 1.54) is 6.26 Å². The van der Waals surface area contributed by atoms with Gasteiger partial charge in [-0.2, -0.15) is 0 Å². The molecule has 1 aliphatic rings. The molecule has 0 saturated carbocycles. The number of nitrogens with one attached hydrogen (secondary N) is 2. The van der Waals surface area contributed by atoms with E-state index in [0.29, 0.717) is 10.2 Å². The molecule has 0 bridgehead atoms. The Morgan fingerprint density at radius 3 is 2.27 bits per heavy atom. The number of carboxylic acids is 1. The molecule has 1 aromatic heterocycles. The molecule has 0 spiro atoms. The number of carboxylic acid groups (broad SMARTS) is 1. The lowest BCUT2D eigenvalue weighted by molar-refractivity contribution is -0.139. The van der Waals surface area contributed by atoms with Gasteiger partial charge in [0.2, 0.25) is 5.91 Å². The van der Waals surface area contributed by atoms with Gasteiger partial charge >= 0.3 is 12.1 Å². The molecule has 1 atom stereocenters. The standard InChI is InChI=1S/C24H21BrN2O6/c25-21-9-14(12-32-21)11-26-23(30)20(10-22(28)29)27-24(31)33-13-19-17-7-3-1-5-15(17)16-6-2-4-8-18(16)19/h1-9,12,19-20H,10-11,13H2,(H,26,30)(H,27,31)(H,28,29). The van der Waals surface area contributed by atoms with E-state index < -0.39 is 30.4 Å². The molecular weight excluding hydrogens is 492 g/mol. The molecular formula is C24H21BrN2O6. The van der Waals surface area contributed by atoms with Crippen molar-refractivity contribution >= 4 is 33.9 Å². The first-order valence-corrected chi connectivity index (χ1v) is 11.1. The zero-order chi connectivity index (χ0) is 23.4. The molecule has 1 aliphatic carbocycles. The number of amides is 2. The number of fused-ring (bicyclic) bond motifs is 3. The normalized spacial score (nSPS) is 13.0. The molecule has 3 N–H and O–H groups in total. The van der Waals surface area contributed by atoms with E-state index in [4.69, 9.17) is 14.3 Å². The summed E-state index contributed by atoms with van der Waals surface area (Å²) in [5.41, 5.74) is 4.98. The van der Waals surface area contributed by atoms with Gasteiger partial charge in [0.15, 0.2) is 4.67 Å². The Balaban J connectivity index is 1.38. The van der Waals surface area contributed by atoms with E-state index in [1.54, 1.807) is 6.07 Å². The number of aliphatic carboxylic acids is 1. The second kappa shape index (κ2) is 9.91. The van der Waals surface area contributed by atoms with Crippen LogP contribution in [0.4, 0.5) is 4.79 Å². The molecule has 2 amide bonds. The second-order valence-electron chi connectivity index (χ2n) is 7.60. The molecule has 1 unspecified atom stereocenters. The van der Waals surface area contributed by atoms with Crippen molar-refractivity contribution < 1.29 is 28.6 Å². The zero-order valence-electron chi connectivity index (χ0n) is 17.4. The number of alkyl carbamates (subject to hydrolysis) is 1. The van der Waals surface area contributed by atoms with Crippen molar-refractivity contribution in [1.82, 2.24) is 10.6 Å². The smallest absolute Gasteiger partial charge is 0.407 e. The van der Waals surface area contributed by atoms with Crippen molar-refractivity contribution in [2.24, 2.45) is 0 Å². The van der Waals surface area contributed by atoms with Crippen molar-refractivity contribution in [3.05, 3.63) is 82.2 Å². The van der Waals surface area contributed by atoms with Crippen LogP contribution in [-0.2, 0) is 20.9 Å². The van der Waals surface area contributed by atoms with Gasteiger partial charge in [-0.1, -0.05) is 48.5 Å². The summed E-state index contributed by atoms with van der Waals surface area (Å²) in [6.45, 7) is 0.181. The van der Waals surface area contributed by atoms with Gasteiger partial charge in [0, 0.05) is 18.0 Å². The number of carbonyl (C=O) groups is 3. The number of carbonyl (C=O) groups excluding carboxylic acids is 2. The monoisotopic (exact) mass is 512 g/mol. The third kappa shape index (κ3) is 5.25. The highest BCUT2D eigenvalue weighted by Gasteiger charge is 2.30. The number of halogens is 1. The molecule has 33 heavy (non-hydrogen) atoms. The lowest BCUT2D eigenvalue weighted by atomic mass is 9.98. The van der Waals surface area contributed by atoms with Gasteiger partial charge in [0.1, 0.15) is 12.6 Å². The van der Waals surface area contributed by atoms with Crippen LogP contribution in [0.15, 0.2) is 69.9 Å². The Bertz CT molecular complexity index is 1150. The summed E-state index contributed by atoms with van der Waals surface area (Å²) in [6.07, 6.45) is 0.0185. The van der Waals surface area contributed by atoms with Crippen LogP contribution in [-0.4, -0.2) is 35.7 Å². The summed E-state index contributed by atoms with van der Waals surface area (Å²) < 4.78 is 11.0. The molecule has 8 nitrogen and oxygen atoms in total. The van der Waals surface area contributed by atoms with Crippen LogP contribution in [0.3, 0.4) is 0 Å². The zero-order valence-corrected chi connectivity index (χ0v) is 19.0. The van der Waals surface area contributed by atoms with Crippen molar-refractivity contribution in [3.63, 3.8) is 0 Å². The molecule has 0 fully saturated rings. The SMILES string of the molecule is O=C(O)CC(NC(=O)OCC1c2ccccc2-c2ccccc21)C(=O)NCc1coc(Br)c1. The maximum atomic E-state index is 12.5. The predicted molar refractivity (Wildman–Crippen MR) is 123 cm³/mol. The van der Waals surface area contributed by atoms with Gasteiger partial charge in [0.25, 0.3) is 0 Å². The van der Waals surface area contributed by atoms with E-state index in [-0.39, 0.29) is 19.1 Å². The average Bonchev–Trinajstić information content (AvgIpc) is 3.36. The molecule has 9 heteroatoms. The highest BCUT2D eigenvalue weighted by atomic mass is 79.9. The third-order valence-electron chi connectivity index (χ3n) is 5.42. The number of hydrogen-bond acceptors (Lipinski definition) is 5. The highest BCUT2D eigenvalue weighted by molar-refractivity contribution is 9.10. The summed E-state index contributed by atoms with van der Waals surface area (Å²) in [5.74, 6) is -2.00. The van der Waals surface area contributed by atoms with Crippen LogP contribution < -0.4 is 10.6 Å². The van der Waals surface area contributed by atoms with Crippen molar-refractivity contribution in [3.8, 4) is 11.1 Å². The van der Waals surface area contributed by atoms with Gasteiger partial charge in [-0.25, -0.2) is 4.79 Å². The first-order valence-electron chi connectivity index (χ1n) is 10.3. The largest absolute Gasteiger partial charge is 0.481 e. The predicted octanol–water partition coefficient (Wildman–Crippen LogP) is 4.04. The molecule has 1 heterocycles. The Morgan fingerprint density at radius 1 is 1.06 bits per heavy atom. The summed E-state index contributed by atoms with van der Waals surface area (Å²) in [5, 5.41) is 14.1. The molecule has 2 aromatic carbocycles. The van der Waals surface area contributed by atoms with Gasteiger partial charge in [-0.3, -0.25) is 9.59 Å². The summed E-state index contributed by atoms with van der Waals surface area (Å²) in [4.78, 5) is 36.2. The van der Waals surface area contributed by atoms with Crippen molar-refractivity contribution in [1.29, 1.82) is 0 Å². The molecule has 0 saturated heterocycles. The molecule has 4 rings (SSSR count). The Labute approximate surface area is 198 Å². The summed E-state index contributed by atoms with van der Waals surface area (Å²) >= 11 is 3.17. The summed E-state index contributed by atoms with van der Waals surface area (Å²) in [7, 11) is 0. The average molecular weight is 513 g/mol. The van der Waals surface area contributed by atoms with E-state index in [9.17, 15) is 14.4 Å². The van der Waals surface area contributed by atoms with E-state index in [0.717, 1.165) is 22.3 Å². The maximum Gasteiger partial charge on any atom is 0.407 e. The molecule has 3 aromatic rings. The van der Waals surface area contributed by atoms with Gasteiger partial charge in [0.05, 0.1) is 12.7 Å². The lowest BCUT2D eigenvalue weighted by Gasteiger charge is -2.18. The van der Waals surface area contributed by atoms with Gasteiger partial charge < -0.3 is 24.9 Å². The van der Waals surface area contributed by atoms with Crippen molar-refractivity contribution in [2.75, 3.05) is 6.61 Å². The quantitative estimate of drug-likeness (QED) is 0.419. The van der Waals surface area contributed by atoms with E-state index >= 15 is 0 Å². The minimum absolute atomic E-state index is 0.0598. The first kappa shape index (κ1) is 22.6. The number of rotatable bonds is 8. The molecule has 0 aliphatic heterocycles. The summed E-state index contributed by atoms with van der Waals surface area (Å²) in [6, 6.07) is 16.2. The van der Waals surface area contributed by atoms with Crippen LogP contribution in [0.25, 0.3) is 11.1 Å². The number of benzene rings is 2. The lowest BCUT2D eigenvalue weighted by Crippen LogP contribution is -2.48. The minimum atomic E-state index is -1.28. The van der Waals surface area contributed by atoms with Crippen LogP contribution in [0.5, 0.6) is 0 Å². The Morgan fingerprint density at radius 2 is 1.70 bits per heavy atom. The van der Waals surface area contributed by atoms with Crippen LogP contribution >= 0.6 is 15.9 Å². The Kier molecular flexibility index (Phi) is 6.79. The fourth-order valence-corrected chi connectivity index (χ4v) is 4.30. The molecule has 0 radical (unpaired) electrons. The maximum absolute atomic E-state index is 12.5. The number of hydrogen-bond donors (Lipinski definition) is 3. The number of furan rings is 1. The number of ether oxygens (including phenoxy) is 1. The Hall–Kier alpha value is -3.59. The fourth-order valence-electron chi connectivity index (χ4n) is 3.92. The second-order valence-corrected chi connectivity index (χ2v) is 8.38. The first-order chi connectivity index (χ1) is 15.9. The van der Waals surface area contributed by atoms with Crippen molar-refractivity contribution in [2.45, 2.75) is 24.9 Å². The fraction of sp³-hybridized carbons (Fsp3) is 0.208.